The van der Waals surface area contributed by atoms with E-state index in [9.17, 15) is 0 Å². The normalized spacial score (nSPS) is 30.8. The zero-order chi connectivity index (χ0) is 43.7. The Kier molecular flexibility index (Phi) is 24.3. The number of rotatable bonds is 9. The summed E-state index contributed by atoms with van der Waals surface area (Å²) < 4.78 is 31.2. The molecule has 6 aliphatic carbocycles. The van der Waals surface area contributed by atoms with E-state index < -0.39 is 0 Å². The van der Waals surface area contributed by atoms with Crippen molar-refractivity contribution in [3.63, 3.8) is 0 Å². The molecule has 342 valence electrons. The van der Waals surface area contributed by atoms with Crippen LogP contribution in [0.25, 0.3) is 0 Å². The van der Waals surface area contributed by atoms with E-state index in [1.165, 1.54) is 47.3 Å². The molecule has 12 rings (SSSR count). The van der Waals surface area contributed by atoms with Gasteiger partial charge in [0.05, 0.1) is 19.8 Å². The highest BCUT2D eigenvalue weighted by atomic mass is 16.6. The molecule has 6 nitrogen and oxygen atoms in total. The average Bonchev–Trinajstić information content (AvgIpc) is 4.25. The number of benzene rings is 3. The Hall–Kier alpha value is -3.06. The third kappa shape index (κ3) is 17.6. The molecule has 6 saturated carbocycles. The van der Waals surface area contributed by atoms with Gasteiger partial charge in [-0.3, -0.25) is 0 Å². The summed E-state index contributed by atoms with van der Waals surface area (Å²) in [6.45, 7) is 20.6. The Balaban J connectivity index is 0.000000161. The van der Waals surface area contributed by atoms with Gasteiger partial charge in [0.15, 0.2) is 0 Å². The van der Waals surface area contributed by atoms with Crippen molar-refractivity contribution in [3.8, 4) is 17.2 Å². The molecule has 4 bridgehead atoms. The molecule has 3 aliphatic heterocycles. The maximum atomic E-state index is 5.40. The minimum Gasteiger partial charge on any atom is -0.491 e. The summed E-state index contributed by atoms with van der Waals surface area (Å²) in [6.07, 6.45) is 20.1. The van der Waals surface area contributed by atoms with Crippen molar-refractivity contribution < 1.29 is 28.4 Å². The molecule has 6 heteroatoms. The van der Waals surface area contributed by atoms with Gasteiger partial charge in [0, 0.05) is 0 Å². The minimum absolute atomic E-state index is 0.343. The van der Waals surface area contributed by atoms with Crippen LogP contribution in [0.2, 0.25) is 0 Å². The second-order valence-corrected chi connectivity index (χ2v) is 16.9. The fourth-order valence-corrected chi connectivity index (χ4v) is 10.6. The smallest absolute Gasteiger partial charge is 0.119 e. The first-order valence-corrected chi connectivity index (χ1v) is 25.1. The monoisotopic (exact) mass is 843 g/mol. The van der Waals surface area contributed by atoms with Crippen LogP contribution in [0.15, 0.2) is 91.0 Å². The van der Waals surface area contributed by atoms with Gasteiger partial charge in [0.25, 0.3) is 0 Å². The molecule has 0 spiro atoms. The third-order valence-corrected chi connectivity index (χ3v) is 13.4. The molecule has 3 heterocycles. The zero-order valence-corrected chi connectivity index (χ0v) is 39.7. The summed E-state index contributed by atoms with van der Waals surface area (Å²) in [4.78, 5) is 0. The Morgan fingerprint density at radius 1 is 0.361 bits per heavy atom. The lowest BCUT2D eigenvalue weighted by Gasteiger charge is -2.23. The highest BCUT2D eigenvalue weighted by molar-refractivity contribution is 5.22. The van der Waals surface area contributed by atoms with E-state index in [-0.39, 0.29) is 0 Å². The molecular weight excluding hydrogens is 757 g/mol. The molecule has 61 heavy (non-hydrogen) atoms. The number of para-hydroxylation sites is 3. The molecular formula is C55H86O6. The zero-order valence-electron chi connectivity index (χ0n) is 39.7. The number of hydrogen-bond donors (Lipinski definition) is 0. The largest absolute Gasteiger partial charge is 0.491 e. The van der Waals surface area contributed by atoms with Gasteiger partial charge in [-0.25, -0.2) is 0 Å². The van der Waals surface area contributed by atoms with Crippen LogP contribution >= 0.6 is 0 Å². The third-order valence-electron chi connectivity index (χ3n) is 13.4. The van der Waals surface area contributed by atoms with Gasteiger partial charge in [0.2, 0.25) is 0 Å². The minimum atomic E-state index is 0.343. The molecule has 0 N–H and O–H groups in total. The van der Waals surface area contributed by atoms with Crippen LogP contribution in [0, 0.1) is 47.3 Å². The fourth-order valence-electron chi connectivity index (χ4n) is 10.6. The van der Waals surface area contributed by atoms with Gasteiger partial charge in [-0.05, 0) is 148 Å². The highest BCUT2D eigenvalue weighted by Gasteiger charge is 2.49. The van der Waals surface area contributed by atoms with Crippen molar-refractivity contribution in [2.45, 2.75) is 151 Å². The van der Waals surface area contributed by atoms with Crippen molar-refractivity contribution in [1.29, 1.82) is 0 Å². The lowest BCUT2D eigenvalue weighted by atomic mass is 9.82. The van der Waals surface area contributed by atoms with Gasteiger partial charge < -0.3 is 28.4 Å². The van der Waals surface area contributed by atoms with Crippen molar-refractivity contribution in [3.05, 3.63) is 91.0 Å². The van der Waals surface area contributed by atoms with Crippen LogP contribution in [0.1, 0.15) is 132 Å². The Bertz CT molecular complexity index is 1290. The van der Waals surface area contributed by atoms with Crippen molar-refractivity contribution >= 4 is 0 Å². The van der Waals surface area contributed by atoms with Crippen LogP contribution in [-0.2, 0) is 14.2 Å². The van der Waals surface area contributed by atoms with Crippen molar-refractivity contribution in [1.82, 2.24) is 0 Å². The Morgan fingerprint density at radius 3 is 0.803 bits per heavy atom. The van der Waals surface area contributed by atoms with Crippen LogP contribution in [0.5, 0.6) is 17.2 Å². The van der Waals surface area contributed by atoms with Gasteiger partial charge >= 0.3 is 0 Å². The molecule has 0 amide bonds. The van der Waals surface area contributed by atoms with E-state index >= 15 is 0 Å². The standard InChI is InChI=1S/2C10H16.3C9H10O2.4C2H6/c2*1-2-9-7-4-5-8(6-7)10(9)3-1;3*1-2-4-8(5-3-1)10-6-9-7-11-9;4*1-2/h2*7-10H,1-6H2;3*1-5,9H,6-7H2;4*1-2H3. The highest BCUT2D eigenvalue weighted by Crippen LogP contribution is 2.59. The summed E-state index contributed by atoms with van der Waals surface area (Å²) in [5.74, 6) is 12.4. The first-order valence-electron chi connectivity index (χ1n) is 25.1. The van der Waals surface area contributed by atoms with Crippen molar-refractivity contribution in [2.75, 3.05) is 39.6 Å². The summed E-state index contributed by atoms with van der Waals surface area (Å²) in [5, 5.41) is 0. The fraction of sp³-hybridized carbons (Fsp3) is 0.673. The van der Waals surface area contributed by atoms with Crippen LogP contribution < -0.4 is 14.2 Å². The molecule has 9 aliphatic rings. The van der Waals surface area contributed by atoms with Gasteiger partial charge in [0.1, 0.15) is 55.4 Å². The first kappa shape index (κ1) is 50.6. The van der Waals surface area contributed by atoms with E-state index in [4.69, 9.17) is 28.4 Å². The SMILES string of the molecule is C1CC2C3CCC(C3)C2C1.C1CC2C3CCC(C3)C2C1.CC.CC.CC.CC.c1ccc(OCC2CO2)cc1.c1ccc(OCC2CO2)cc1.c1ccc(OCC2CO2)cc1. The van der Waals surface area contributed by atoms with Crippen LogP contribution in [-0.4, -0.2) is 58.0 Å². The topological polar surface area (TPSA) is 65.3 Å². The van der Waals surface area contributed by atoms with Crippen LogP contribution in [0.4, 0.5) is 0 Å². The average molecular weight is 843 g/mol. The summed E-state index contributed by atoms with van der Waals surface area (Å²) in [6, 6.07) is 29.4. The lowest BCUT2D eigenvalue weighted by molar-refractivity contribution is 0.259. The number of fused-ring (bicyclic) bond motifs is 10. The van der Waals surface area contributed by atoms with E-state index in [1.54, 1.807) is 77.0 Å². The second kappa shape index (κ2) is 29.3. The number of ether oxygens (including phenoxy) is 6. The number of epoxide rings is 3. The van der Waals surface area contributed by atoms with Crippen molar-refractivity contribution in [2.24, 2.45) is 47.3 Å². The Morgan fingerprint density at radius 2 is 0.590 bits per heavy atom. The summed E-state index contributed by atoms with van der Waals surface area (Å²) in [5.41, 5.74) is 0. The second-order valence-electron chi connectivity index (χ2n) is 16.9. The van der Waals surface area contributed by atoms with E-state index in [0.717, 1.165) is 37.1 Å². The van der Waals surface area contributed by atoms with E-state index in [1.807, 2.05) is 146 Å². The van der Waals surface area contributed by atoms with Gasteiger partial charge in [-0.15, -0.1) is 0 Å². The molecule has 11 atom stereocenters. The molecule has 3 aromatic rings. The molecule has 11 unspecified atom stereocenters. The summed E-state index contributed by atoms with van der Waals surface area (Å²) >= 11 is 0. The van der Waals surface area contributed by atoms with E-state index in [2.05, 4.69) is 0 Å². The molecule has 0 aromatic heterocycles. The molecule has 0 radical (unpaired) electrons. The van der Waals surface area contributed by atoms with Crippen LogP contribution in [0.3, 0.4) is 0 Å². The maximum Gasteiger partial charge on any atom is 0.119 e. The lowest BCUT2D eigenvalue weighted by Crippen LogP contribution is -2.15. The maximum absolute atomic E-state index is 5.40. The predicted octanol–water partition coefficient (Wildman–Crippen LogP) is 14.2. The quantitative estimate of drug-likeness (QED) is 0.200. The molecule has 9 fully saturated rings. The summed E-state index contributed by atoms with van der Waals surface area (Å²) in [7, 11) is 0. The van der Waals surface area contributed by atoms with Gasteiger partial charge in [-0.2, -0.15) is 0 Å². The first-order chi connectivity index (χ1) is 30.2. The molecule has 3 aromatic carbocycles. The van der Waals surface area contributed by atoms with Gasteiger partial charge in [-0.1, -0.05) is 123 Å². The molecule has 3 saturated heterocycles. The predicted molar refractivity (Wildman–Crippen MR) is 254 cm³/mol. The Labute approximate surface area is 373 Å². The number of hydrogen-bond acceptors (Lipinski definition) is 6. The van der Waals surface area contributed by atoms with E-state index in [0.29, 0.717) is 38.1 Å².